The third-order valence-electron chi connectivity index (χ3n) is 6.69. The first kappa shape index (κ1) is 39.4. The fraction of sp³-hybridized carbons (Fsp3) is 0.575. The second-order valence-electron chi connectivity index (χ2n) is 10.8. The quantitative estimate of drug-likeness (QED) is 0.0503. The second-order valence-corrected chi connectivity index (χ2v) is 10.8. The molecule has 0 unspecified atom stereocenters. The number of allylic oxidation sites excluding steroid dienone is 16. The molecule has 0 aromatic carbocycles. The number of carbonyl (C=O) groups is 1. The normalized spacial score (nSPS) is 12.9. The van der Waals surface area contributed by atoms with Crippen LogP contribution in [0.1, 0.15) is 142 Å². The Labute approximate surface area is 261 Å². The molecule has 0 saturated heterocycles. The van der Waals surface area contributed by atoms with Gasteiger partial charge in [0, 0.05) is 6.42 Å². The fourth-order valence-corrected chi connectivity index (χ4v) is 4.11. The Bertz CT molecular complexity index is 803. The molecule has 0 heterocycles. The van der Waals surface area contributed by atoms with Crippen LogP contribution in [0.4, 0.5) is 0 Å². The Morgan fingerprint density at radius 3 is 1.07 bits per heavy atom. The van der Waals surface area contributed by atoms with Gasteiger partial charge in [-0.3, -0.25) is 4.79 Å². The lowest BCUT2D eigenvalue weighted by molar-refractivity contribution is -0.143. The zero-order valence-corrected chi connectivity index (χ0v) is 27.4. The summed E-state index contributed by atoms with van der Waals surface area (Å²) in [7, 11) is 0. The van der Waals surface area contributed by atoms with E-state index < -0.39 is 0 Å². The minimum atomic E-state index is -0.0661. The van der Waals surface area contributed by atoms with E-state index in [2.05, 4.69) is 111 Å². The van der Waals surface area contributed by atoms with Crippen LogP contribution >= 0.6 is 0 Å². The van der Waals surface area contributed by atoms with E-state index in [1.54, 1.807) is 0 Å². The van der Waals surface area contributed by atoms with Crippen LogP contribution in [0, 0.1) is 0 Å². The van der Waals surface area contributed by atoms with Gasteiger partial charge in [0.2, 0.25) is 0 Å². The average Bonchev–Trinajstić information content (AvgIpc) is 3.00. The molecule has 0 spiro atoms. The average molecular weight is 577 g/mol. The monoisotopic (exact) mass is 576 g/mol. The Hall–Kier alpha value is -2.61. The van der Waals surface area contributed by atoms with E-state index in [0.29, 0.717) is 13.0 Å². The van der Waals surface area contributed by atoms with Crippen LogP contribution in [0.2, 0.25) is 0 Å². The first-order valence-corrected chi connectivity index (χ1v) is 17.2. The Morgan fingerprint density at radius 2 is 0.714 bits per heavy atom. The summed E-state index contributed by atoms with van der Waals surface area (Å²) >= 11 is 0. The molecule has 0 fully saturated rings. The molecule has 0 aliphatic rings. The van der Waals surface area contributed by atoms with Crippen LogP contribution in [0.3, 0.4) is 0 Å². The van der Waals surface area contributed by atoms with Gasteiger partial charge in [0.25, 0.3) is 0 Å². The molecule has 236 valence electrons. The lowest BCUT2D eigenvalue weighted by Gasteiger charge is -2.03. The number of hydrogen-bond donors (Lipinski definition) is 0. The van der Waals surface area contributed by atoms with Crippen molar-refractivity contribution in [1.29, 1.82) is 0 Å². The van der Waals surface area contributed by atoms with E-state index in [0.717, 1.165) is 70.6 Å². The molecule has 0 aromatic heterocycles. The highest BCUT2D eigenvalue weighted by molar-refractivity contribution is 5.69. The number of hydrogen-bond acceptors (Lipinski definition) is 2. The molecule has 0 bridgehead atoms. The molecule has 0 rings (SSSR count). The van der Waals surface area contributed by atoms with Gasteiger partial charge in [0.1, 0.15) is 0 Å². The molecule has 0 saturated carbocycles. The Balaban J connectivity index is 3.51. The predicted molar refractivity (Wildman–Crippen MR) is 188 cm³/mol. The van der Waals surface area contributed by atoms with Crippen molar-refractivity contribution in [2.45, 2.75) is 142 Å². The van der Waals surface area contributed by atoms with Crippen LogP contribution in [-0.2, 0) is 9.53 Å². The van der Waals surface area contributed by atoms with Gasteiger partial charge in [0.15, 0.2) is 0 Å². The molecule has 0 radical (unpaired) electrons. The van der Waals surface area contributed by atoms with Gasteiger partial charge < -0.3 is 4.74 Å². The third-order valence-corrected chi connectivity index (χ3v) is 6.69. The standard InChI is InChI=1S/C40H64O2/c1-3-5-7-9-11-13-15-17-19-21-23-25-27-29-31-33-35-37-39-42-40(41)38-36-34-32-30-28-26-24-22-20-18-16-14-12-10-8-6-4-2/h11-14,17-20,23-26,29-32H,3-10,15-16,21-22,27-28,33-39H2,1-2H3/b13-11-,14-12?,19-17-,20-18?,25-23-,26-24?,31-29-,32-30?. The third kappa shape index (κ3) is 35.4. The molecule has 2 nitrogen and oxygen atoms in total. The van der Waals surface area contributed by atoms with E-state index in [4.69, 9.17) is 4.74 Å². The Kier molecular flexibility index (Phi) is 34.2. The van der Waals surface area contributed by atoms with Crippen molar-refractivity contribution in [3.8, 4) is 0 Å². The van der Waals surface area contributed by atoms with Gasteiger partial charge in [-0.25, -0.2) is 0 Å². The smallest absolute Gasteiger partial charge is 0.305 e. The van der Waals surface area contributed by atoms with Gasteiger partial charge in [-0.15, -0.1) is 0 Å². The fourth-order valence-electron chi connectivity index (χ4n) is 4.11. The molecule has 0 atom stereocenters. The summed E-state index contributed by atoms with van der Waals surface area (Å²) in [6, 6.07) is 0. The molecule has 0 aliphatic heterocycles. The number of ether oxygens (including phenoxy) is 1. The maximum Gasteiger partial charge on any atom is 0.305 e. The summed E-state index contributed by atoms with van der Waals surface area (Å²) in [6.45, 7) is 5.03. The lowest BCUT2D eigenvalue weighted by atomic mass is 10.2. The maximum absolute atomic E-state index is 11.9. The SMILES string of the molecule is CCCCCC=CCC=CCC=CCC=CCCCC(=O)OCCCC/C=C\C/C=C\C/C=C\C/C=C\CCCCC. The van der Waals surface area contributed by atoms with Crippen LogP contribution < -0.4 is 0 Å². The highest BCUT2D eigenvalue weighted by Crippen LogP contribution is 2.05. The van der Waals surface area contributed by atoms with E-state index in [1.807, 2.05) is 0 Å². The largest absolute Gasteiger partial charge is 0.466 e. The summed E-state index contributed by atoms with van der Waals surface area (Å²) in [5.41, 5.74) is 0. The topological polar surface area (TPSA) is 26.3 Å². The van der Waals surface area contributed by atoms with Crippen LogP contribution in [0.5, 0.6) is 0 Å². The number of unbranched alkanes of at least 4 members (excludes halogenated alkanes) is 9. The zero-order valence-electron chi connectivity index (χ0n) is 27.4. The van der Waals surface area contributed by atoms with Crippen LogP contribution in [0.15, 0.2) is 97.2 Å². The Morgan fingerprint density at radius 1 is 0.405 bits per heavy atom. The molecule has 0 aliphatic carbocycles. The van der Waals surface area contributed by atoms with E-state index in [-0.39, 0.29) is 5.97 Å². The summed E-state index contributed by atoms with van der Waals surface area (Å²) in [5, 5.41) is 0. The van der Waals surface area contributed by atoms with Gasteiger partial charge in [-0.2, -0.15) is 0 Å². The lowest BCUT2D eigenvalue weighted by Crippen LogP contribution is -2.05. The molecule has 0 aromatic rings. The van der Waals surface area contributed by atoms with E-state index in [1.165, 1.54) is 51.4 Å². The van der Waals surface area contributed by atoms with Crippen molar-refractivity contribution < 1.29 is 9.53 Å². The molecule has 2 heteroatoms. The first-order chi connectivity index (χ1) is 20.8. The first-order valence-electron chi connectivity index (χ1n) is 17.2. The van der Waals surface area contributed by atoms with Crippen molar-refractivity contribution in [1.82, 2.24) is 0 Å². The molecular weight excluding hydrogens is 512 g/mol. The summed E-state index contributed by atoms with van der Waals surface area (Å²) in [6.07, 6.45) is 57.4. The van der Waals surface area contributed by atoms with Crippen LogP contribution in [-0.4, -0.2) is 12.6 Å². The maximum atomic E-state index is 11.9. The summed E-state index contributed by atoms with van der Waals surface area (Å²) < 4.78 is 5.37. The highest BCUT2D eigenvalue weighted by atomic mass is 16.5. The van der Waals surface area contributed by atoms with Gasteiger partial charge in [-0.05, 0) is 96.3 Å². The van der Waals surface area contributed by atoms with Crippen molar-refractivity contribution in [2.24, 2.45) is 0 Å². The van der Waals surface area contributed by atoms with Crippen molar-refractivity contribution in [2.75, 3.05) is 6.61 Å². The van der Waals surface area contributed by atoms with Crippen molar-refractivity contribution in [3.63, 3.8) is 0 Å². The molecular formula is C40H64O2. The summed E-state index contributed by atoms with van der Waals surface area (Å²) in [5.74, 6) is -0.0661. The van der Waals surface area contributed by atoms with Crippen molar-refractivity contribution in [3.05, 3.63) is 97.2 Å². The number of carbonyl (C=O) groups excluding carboxylic acids is 1. The van der Waals surface area contributed by atoms with E-state index >= 15 is 0 Å². The highest BCUT2D eigenvalue weighted by Gasteiger charge is 2.01. The van der Waals surface area contributed by atoms with Crippen molar-refractivity contribution >= 4 is 5.97 Å². The predicted octanol–water partition coefficient (Wildman–Crippen LogP) is 12.8. The summed E-state index contributed by atoms with van der Waals surface area (Å²) in [4.78, 5) is 11.9. The van der Waals surface area contributed by atoms with Gasteiger partial charge in [0.05, 0.1) is 6.61 Å². The minimum absolute atomic E-state index is 0.0661. The second kappa shape index (κ2) is 36.4. The van der Waals surface area contributed by atoms with Crippen LogP contribution in [0.25, 0.3) is 0 Å². The minimum Gasteiger partial charge on any atom is -0.466 e. The molecule has 42 heavy (non-hydrogen) atoms. The van der Waals surface area contributed by atoms with Gasteiger partial charge >= 0.3 is 5.97 Å². The molecule has 0 amide bonds. The number of esters is 1. The zero-order chi connectivity index (χ0) is 30.4. The van der Waals surface area contributed by atoms with Gasteiger partial charge in [-0.1, -0.05) is 137 Å². The van der Waals surface area contributed by atoms with E-state index in [9.17, 15) is 4.79 Å². The number of rotatable bonds is 29. The molecule has 0 N–H and O–H groups in total.